The van der Waals surface area contributed by atoms with Crippen molar-refractivity contribution in [1.29, 1.82) is 0 Å². The topological polar surface area (TPSA) is 69.2 Å². The van der Waals surface area contributed by atoms with Crippen LogP contribution in [0, 0.1) is 0 Å². The summed E-state index contributed by atoms with van der Waals surface area (Å²) in [5, 5.41) is 16.5. The Kier molecular flexibility index (Phi) is 2.64. The fourth-order valence-corrected chi connectivity index (χ4v) is 2.36. The Bertz CT molecular complexity index is 596. The first kappa shape index (κ1) is 11.9. The monoisotopic (exact) mass is 257 g/mol. The lowest BCUT2D eigenvalue weighted by atomic mass is 9.95. The highest BCUT2D eigenvalue weighted by Crippen LogP contribution is 2.26. The number of H-pyrrole nitrogens is 1. The largest absolute Gasteiger partial charge is 0.386 e. The van der Waals surface area contributed by atoms with Gasteiger partial charge in [-0.2, -0.15) is 5.10 Å². The van der Waals surface area contributed by atoms with E-state index in [9.17, 15) is 9.90 Å². The van der Waals surface area contributed by atoms with Crippen LogP contribution in [0.5, 0.6) is 0 Å². The van der Waals surface area contributed by atoms with Crippen LogP contribution in [0.3, 0.4) is 0 Å². The van der Waals surface area contributed by atoms with E-state index in [0.717, 1.165) is 11.3 Å². The third-order valence-electron chi connectivity index (χ3n) is 3.28. The smallest absolute Gasteiger partial charge is 0.257 e. The van der Waals surface area contributed by atoms with E-state index in [0.29, 0.717) is 18.7 Å². The number of carbonyl (C=O) groups is 1. The molecule has 0 atom stereocenters. The first-order chi connectivity index (χ1) is 9.07. The van der Waals surface area contributed by atoms with Gasteiger partial charge in [-0.25, -0.2) is 0 Å². The number of rotatable bonds is 2. The molecule has 1 aliphatic heterocycles. The van der Waals surface area contributed by atoms with Gasteiger partial charge in [0.15, 0.2) is 0 Å². The summed E-state index contributed by atoms with van der Waals surface area (Å²) < 4.78 is 0. The summed E-state index contributed by atoms with van der Waals surface area (Å²) >= 11 is 0. The molecule has 0 saturated carbocycles. The second-order valence-electron chi connectivity index (χ2n) is 5.18. The molecule has 0 bridgehead atoms. The first-order valence-corrected chi connectivity index (χ1v) is 6.17. The number of amides is 1. The van der Waals surface area contributed by atoms with E-state index in [1.54, 1.807) is 11.8 Å². The molecule has 1 amide bonds. The highest BCUT2D eigenvalue weighted by atomic mass is 16.3. The molecular formula is C14H15N3O2. The minimum atomic E-state index is -0.758. The van der Waals surface area contributed by atoms with Gasteiger partial charge < -0.3 is 10.0 Å². The molecule has 1 fully saturated rings. The van der Waals surface area contributed by atoms with Crippen LogP contribution in [0.2, 0.25) is 0 Å². The number of likely N-dealkylation sites (tertiary alicyclic amines) is 1. The zero-order valence-corrected chi connectivity index (χ0v) is 10.6. The number of nitrogens with zero attached hydrogens (tertiary/aromatic N) is 2. The number of nitrogens with one attached hydrogen (secondary N) is 1. The van der Waals surface area contributed by atoms with Gasteiger partial charge in [-0.05, 0) is 6.92 Å². The molecule has 0 unspecified atom stereocenters. The molecule has 1 aromatic heterocycles. The molecule has 5 heteroatoms. The molecule has 1 saturated heterocycles. The normalized spacial score (nSPS) is 17.1. The van der Waals surface area contributed by atoms with Crippen LogP contribution in [0.4, 0.5) is 0 Å². The van der Waals surface area contributed by atoms with E-state index in [1.807, 2.05) is 30.3 Å². The Morgan fingerprint density at radius 1 is 1.37 bits per heavy atom. The molecule has 1 aliphatic rings. The van der Waals surface area contributed by atoms with Crippen LogP contribution in [0.1, 0.15) is 17.3 Å². The summed E-state index contributed by atoms with van der Waals surface area (Å²) in [6.45, 7) is 2.46. The van der Waals surface area contributed by atoms with Crippen molar-refractivity contribution in [3.8, 4) is 11.3 Å². The molecule has 0 radical (unpaired) electrons. The van der Waals surface area contributed by atoms with Crippen LogP contribution in [0.15, 0.2) is 36.5 Å². The maximum Gasteiger partial charge on any atom is 0.257 e. The zero-order chi connectivity index (χ0) is 13.5. The fourth-order valence-electron chi connectivity index (χ4n) is 2.36. The van der Waals surface area contributed by atoms with Gasteiger partial charge in [0, 0.05) is 5.56 Å². The average molecular weight is 257 g/mol. The fraction of sp³-hybridized carbons (Fsp3) is 0.286. The summed E-state index contributed by atoms with van der Waals surface area (Å²) in [5.41, 5.74) is 1.43. The summed E-state index contributed by atoms with van der Waals surface area (Å²) in [6, 6.07) is 9.61. The van der Waals surface area contributed by atoms with Crippen molar-refractivity contribution in [2.45, 2.75) is 12.5 Å². The maximum absolute atomic E-state index is 12.3. The highest BCUT2D eigenvalue weighted by Gasteiger charge is 2.40. The SMILES string of the molecule is CC1(O)CN(C(=O)c2cn[nH]c2-c2ccccc2)C1. The number of hydrogen-bond acceptors (Lipinski definition) is 3. The standard InChI is InChI=1S/C14H15N3O2/c1-14(19)8-17(9-14)13(18)11-7-15-16-12(11)10-5-3-2-4-6-10/h2-7,19H,8-9H2,1H3,(H,15,16). The Hall–Kier alpha value is -2.14. The molecule has 5 nitrogen and oxygen atoms in total. The van der Waals surface area contributed by atoms with Gasteiger partial charge >= 0.3 is 0 Å². The van der Waals surface area contributed by atoms with E-state index < -0.39 is 5.60 Å². The van der Waals surface area contributed by atoms with Gasteiger partial charge in [0.25, 0.3) is 5.91 Å². The molecule has 1 aromatic carbocycles. The van der Waals surface area contributed by atoms with Crippen molar-refractivity contribution in [3.05, 3.63) is 42.1 Å². The number of β-amino-alcohol motifs (C(OH)–C–C–N with tert-alkyl or cyclic N) is 1. The number of benzene rings is 1. The van der Waals surface area contributed by atoms with Crippen molar-refractivity contribution in [3.63, 3.8) is 0 Å². The minimum Gasteiger partial charge on any atom is -0.386 e. The third-order valence-corrected chi connectivity index (χ3v) is 3.28. The zero-order valence-electron chi connectivity index (χ0n) is 10.6. The third kappa shape index (κ3) is 2.13. The molecule has 0 aliphatic carbocycles. The van der Waals surface area contributed by atoms with Crippen LogP contribution in [-0.2, 0) is 0 Å². The van der Waals surface area contributed by atoms with Crippen LogP contribution in [0.25, 0.3) is 11.3 Å². The molecular weight excluding hydrogens is 242 g/mol. The maximum atomic E-state index is 12.3. The van der Waals surface area contributed by atoms with E-state index in [4.69, 9.17) is 0 Å². The highest BCUT2D eigenvalue weighted by molar-refractivity contribution is 6.00. The lowest BCUT2D eigenvalue weighted by molar-refractivity contribution is -0.0668. The van der Waals surface area contributed by atoms with Crippen molar-refractivity contribution in [1.82, 2.24) is 15.1 Å². The van der Waals surface area contributed by atoms with Gasteiger partial charge in [-0.15, -0.1) is 0 Å². The van der Waals surface area contributed by atoms with Crippen LogP contribution < -0.4 is 0 Å². The van der Waals surface area contributed by atoms with E-state index >= 15 is 0 Å². The lowest BCUT2D eigenvalue weighted by Crippen LogP contribution is -2.61. The van der Waals surface area contributed by atoms with Crippen molar-refractivity contribution >= 4 is 5.91 Å². The average Bonchev–Trinajstić information content (AvgIpc) is 2.85. The Morgan fingerprint density at radius 2 is 2.05 bits per heavy atom. The Morgan fingerprint density at radius 3 is 2.68 bits per heavy atom. The second-order valence-corrected chi connectivity index (χ2v) is 5.18. The number of aromatic nitrogens is 2. The van der Waals surface area contributed by atoms with Gasteiger partial charge in [0.05, 0.1) is 36.1 Å². The molecule has 98 valence electrons. The molecule has 0 spiro atoms. The molecule has 2 aromatic rings. The van der Waals surface area contributed by atoms with E-state index in [-0.39, 0.29) is 5.91 Å². The summed E-state index contributed by atoms with van der Waals surface area (Å²) in [4.78, 5) is 13.9. The molecule has 19 heavy (non-hydrogen) atoms. The quantitative estimate of drug-likeness (QED) is 0.851. The van der Waals surface area contributed by atoms with Crippen LogP contribution in [-0.4, -0.2) is 44.8 Å². The van der Waals surface area contributed by atoms with Crippen molar-refractivity contribution in [2.75, 3.05) is 13.1 Å². The van der Waals surface area contributed by atoms with Crippen LogP contribution >= 0.6 is 0 Å². The van der Waals surface area contributed by atoms with Gasteiger partial charge in [0.1, 0.15) is 0 Å². The molecule has 2 heterocycles. The summed E-state index contributed by atoms with van der Waals surface area (Å²) in [5.74, 6) is -0.0980. The van der Waals surface area contributed by atoms with Gasteiger partial charge in [-0.1, -0.05) is 30.3 Å². The van der Waals surface area contributed by atoms with Crippen molar-refractivity contribution in [2.24, 2.45) is 0 Å². The lowest BCUT2D eigenvalue weighted by Gasteiger charge is -2.44. The van der Waals surface area contributed by atoms with Gasteiger partial charge in [0.2, 0.25) is 0 Å². The second kappa shape index (κ2) is 4.20. The predicted octanol–water partition coefficient (Wildman–Crippen LogP) is 1.28. The van der Waals surface area contributed by atoms with E-state index in [2.05, 4.69) is 10.2 Å². The predicted molar refractivity (Wildman–Crippen MR) is 70.6 cm³/mol. The minimum absolute atomic E-state index is 0.0980. The molecule has 2 N–H and O–H groups in total. The molecule has 3 rings (SSSR count). The number of aliphatic hydroxyl groups is 1. The number of carbonyl (C=O) groups excluding carboxylic acids is 1. The number of hydrogen-bond donors (Lipinski definition) is 2. The Labute approximate surface area is 110 Å². The van der Waals surface area contributed by atoms with Crippen molar-refractivity contribution < 1.29 is 9.90 Å². The Balaban J connectivity index is 1.87. The summed E-state index contributed by atoms with van der Waals surface area (Å²) in [7, 11) is 0. The summed E-state index contributed by atoms with van der Waals surface area (Å²) in [6.07, 6.45) is 1.54. The first-order valence-electron chi connectivity index (χ1n) is 6.17. The van der Waals surface area contributed by atoms with E-state index in [1.165, 1.54) is 6.20 Å². The van der Waals surface area contributed by atoms with Gasteiger partial charge in [-0.3, -0.25) is 9.89 Å². The number of aromatic amines is 1.